The fourth-order valence-electron chi connectivity index (χ4n) is 4.15. The number of carbonyl (C=O) groups excluding carboxylic acids is 1. The molecule has 1 N–H and O–H groups in total. The summed E-state index contributed by atoms with van der Waals surface area (Å²) in [6.07, 6.45) is 6.88. The first-order valence-electron chi connectivity index (χ1n) is 10.6. The van der Waals surface area contributed by atoms with Gasteiger partial charge in [-0.2, -0.15) is 0 Å². The van der Waals surface area contributed by atoms with Crippen LogP contribution in [0, 0.1) is 13.8 Å². The smallest absolute Gasteiger partial charge is 0.285 e. The Bertz CT molecular complexity index is 557. The minimum atomic E-state index is -0.239. The second-order valence-electron chi connectivity index (χ2n) is 7.75. The zero-order valence-corrected chi connectivity index (χ0v) is 18.2. The monoisotopic (exact) mass is 361 g/mol. The number of aryl methyl sites for hydroxylation is 2. The van der Waals surface area contributed by atoms with Gasteiger partial charge in [-0.25, -0.2) is 0 Å². The van der Waals surface area contributed by atoms with E-state index in [4.69, 9.17) is 0 Å². The third kappa shape index (κ3) is 4.49. The van der Waals surface area contributed by atoms with E-state index >= 15 is 0 Å². The SMILES string of the molecule is CC.CCCCC[N+](C)(CC)C1(C(=O)Nc2c(C)cccc2C)CCC1. The summed E-state index contributed by atoms with van der Waals surface area (Å²) in [5.74, 6) is 0.229. The van der Waals surface area contributed by atoms with Gasteiger partial charge in [0.1, 0.15) is 0 Å². The van der Waals surface area contributed by atoms with Crippen molar-refractivity contribution < 1.29 is 9.28 Å². The van der Waals surface area contributed by atoms with Crippen molar-refractivity contribution in [3.8, 4) is 0 Å². The van der Waals surface area contributed by atoms with Crippen molar-refractivity contribution in [1.82, 2.24) is 0 Å². The van der Waals surface area contributed by atoms with Gasteiger partial charge in [0.2, 0.25) is 0 Å². The second kappa shape index (κ2) is 10.1. The van der Waals surface area contributed by atoms with Crippen LogP contribution in [0.4, 0.5) is 5.69 Å². The Morgan fingerprint density at radius 2 is 1.69 bits per heavy atom. The Labute approximate surface area is 161 Å². The maximum atomic E-state index is 13.3. The average molecular weight is 362 g/mol. The van der Waals surface area contributed by atoms with Gasteiger partial charge in [-0.15, -0.1) is 0 Å². The molecular formula is C23H41N2O+. The van der Waals surface area contributed by atoms with E-state index in [1.54, 1.807) is 0 Å². The average Bonchev–Trinajstić information content (AvgIpc) is 2.59. The molecule has 1 aromatic carbocycles. The van der Waals surface area contributed by atoms with Gasteiger partial charge in [-0.05, 0) is 51.2 Å². The van der Waals surface area contributed by atoms with Crippen molar-refractivity contribution in [2.24, 2.45) is 0 Å². The van der Waals surface area contributed by atoms with Crippen LogP contribution in [0.2, 0.25) is 0 Å². The number of para-hydroxylation sites is 1. The lowest BCUT2D eigenvalue weighted by Gasteiger charge is -2.54. The van der Waals surface area contributed by atoms with Gasteiger partial charge in [0, 0.05) is 18.5 Å². The van der Waals surface area contributed by atoms with Gasteiger partial charge < -0.3 is 9.80 Å². The van der Waals surface area contributed by atoms with Crippen molar-refractivity contribution in [3.63, 3.8) is 0 Å². The number of anilines is 1. The summed E-state index contributed by atoms with van der Waals surface area (Å²) in [5, 5.41) is 3.30. The number of carbonyl (C=O) groups is 1. The summed E-state index contributed by atoms with van der Waals surface area (Å²) in [7, 11) is 2.29. The van der Waals surface area contributed by atoms with E-state index < -0.39 is 0 Å². The van der Waals surface area contributed by atoms with Crippen molar-refractivity contribution in [2.75, 3.05) is 25.5 Å². The second-order valence-corrected chi connectivity index (χ2v) is 7.75. The topological polar surface area (TPSA) is 29.1 Å². The lowest BCUT2D eigenvalue weighted by Crippen LogP contribution is -2.71. The van der Waals surface area contributed by atoms with Crippen molar-refractivity contribution in [3.05, 3.63) is 29.3 Å². The van der Waals surface area contributed by atoms with Crippen LogP contribution in [0.5, 0.6) is 0 Å². The number of hydrogen-bond acceptors (Lipinski definition) is 1. The third-order valence-electron chi connectivity index (χ3n) is 6.31. The van der Waals surface area contributed by atoms with E-state index in [9.17, 15) is 4.79 Å². The predicted molar refractivity (Wildman–Crippen MR) is 114 cm³/mol. The molecule has 1 aliphatic rings. The van der Waals surface area contributed by atoms with Crippen molar-refractivity contribution >= 4 is 11.6 Å². The first-order chi connectivity index (χ1) is 12.4. The molecule has 1 atom stereocenters. The zero-order valence-electron chi connectivity index (χ0n) is 18.2. The van der Waals surface area contributed by atoms with E-state index in [1.807, 2.05) is 13.8 Å². The van der Waals surface area contributed by atoms with E-state index in [-0.39, 0.29) is 11.4 Å². The molecule has 0 radical (unpaired) electrons. The van der Waals surface area contributed by atoms with Crippen LogP contribution in [0.25, 0.3) is 0 Å². The molecule has 1 unspecified atom stereocenters. The molecule has 0 saturated heterocycles. The molecule has 26 heavy (non-hydrogen) atoms. The summed E-state index contributed by atoms with van der Waals surface area (Å²) in [6.45, 7) is 14.7. The van der Waals surface area contributed by atoms with Crippen LogP contribution in [0.15, 0.2) is 18.2 Å². The Hall–Kier alpha value is -1.35. The van der Waals surface area contributed by atoms with Crippen LogP contribution in [-0.4, -0.2) is 36.1 Å². The molecule has 0 bridgehead atoms. The highest BCUT2D eigenvalue weighted by atomic mass is 16.2. The molecule has 1 aliphatic carbocycles. The van der Waals surface area contributed by atoms with Gasteiger partial charge in [0.05, 0.1) is 20.1 Å². The minimum absolute atomic E-state index is 0.229. The number of nitrogens with zero attached hydrogens (tertiary/aromatic N) is 1. The minimum Gasteiger partial charge on any atom is -0.320 e. The number of rotatable bonds is 8. The summed E-state index contributed by atoms with van der Waals surface area (Å²) >= 11 is 0. The zero-order chi connectivity index (χ0) is 19.8. The van der Waals surface area contributed by atoms with E-state index in [1.165, 1.54) is 25.7 Å². The maximum absolute atomic E-state index is 13.3. The summed E-state index contributed by atoms with van der Waals surface area (Å²) < 4.78 is 0.879. The molecule has 148 valence electrons. The normalized spacial score (nSPS) is 17.3. The van der Waals surface area contributed by atoms with Gasteiger partial charge >= 0.3 is 0 Å². The van der Waals surface area contributed by atoms with Crippen LogP contribution < -0.4 is 5.32 Å². The fourth-order valence-corrected chi connectivity index (χ4v) is 4.15. The Morgan fingerprint density at radius 1 is 1.12 bits per heavy atom. The molecule has 0 aliphatic heterocycles. The maximum Gasteiger partial charge on any atom is 0.285 e. The standard InChI is InChI=1S/C21H34N2O.C2H6/c1-6-8-9-16-23(5,7-2)21(14-11-15-21)20(24)22-19-17(3)12-10-13-18(19)4;1-2/h10,12-13H,6-9,11,14-16H2,1-5H3;1-2H3/p+1. The lowest BCUT2D eigenvalue weighted by molar-refractivity contribution is -0.953. The summed E-state index contributed by atoms with van der Waals surface area (Å²) in [4.78, 5) is 13.3. The highest BCUT2D eigenvalue weighted by molar-refractivity contribution is 5.99. The highest BCUT2D eigenvalue weighted by Gasteiger charge is 2.57. The van der Waals surface area contributed by atoms with Gasteiger partial charge in [0.15, 0.2) is 5.54 Å². The first kappa shape index (κ1) is 22.7. The van der Waals surface area contributed by atoms with E-state index in [0.717, 1.165) is 47.2 Å². The quantitative estimate of drug-likeness (QED) is 0.457. The molecule has 3 heteroatoms. The predicted octanol–water partition coefficient (Wildman–Crippen LogP) is 5.85. The molecular weight excluding hydrogens is 320 g/mol. The molecule has 2 rings (SSSR count). The van der Waals surface area contributed by atoms with Crippen LogP contribution in [0.1, 0.15) is 77.3 Å². The first-order valence-corrected chi connectivity index (χ1v) is 10.6. The number of nitrogens with one attached hydrogen (secondary N) is 1. The number of quaternary nitrogens is 1. The molecule has 1 amide bonds. The van der Waals surface area contributed by atoms with Crippen molar-refractivity contribution in [1.29, 1.82) is 0 Å². The lowest BCUT2D eigenvalue weighted by atomic mass is 9.72. The Kier molecular flexibility index (Phi) is 8.82. The number of benzene rings is 1. The molecule has 1 fully saturated rings. The number of likely N-dealkylation sites (N-methyl/N-ethyl adjacent to an activating group) is 1. The van der Waals surface area contributed by atoms with Gasteiger partial charge in [0.25, 0.3) is 5.91 Å². The van der Waals surface area contributed by atoms with Crippen LogP contribution in [-0.2, 0) is 4.79 Å². The van der Waals surface area contributed by atoms with Crippen LogP contribution in [0.3, 0.4) is 0 Å². The molecule has 0 spiro atoms. The van der Waals surface area contributed by atoms with E-state index in [0.29, 0.717) is 0 Å². The van der Waals surface area contributed by atoms with Gasteiger partial charge in [-0.3, -0.25) is 4.79 Å². The molecule has 3 nitrogen and oxygen atoms in total. The van der Waals surface area contributed by atoms with E-state index in [2.05, 4.69) is 58.3 Å². The summed E-state index contributed by atoms with van der Waals surface area (Å²) in [6, 6.07) is 6.20. The highest BCUT2D eigenvalue weighted by Crippen LogP contribution is 2.43. The Morgan fingerprint density at radius 3 is 2.12 bits per heavy atom. The molecule has 1 aromatic rings. The largest absolute Gasteiger partial charge is 0.320 e. The van der Waals surface area contributed by atoms with Gasteiger partial charge in [-0.1, -0.05) is 45.4 Å². The molecule has 1 saturated carbocycles. The number of unbranched alkanes of at least 4 members (excludes halogenated alkanes) is 2. The number of hydrogen-bond donors (Lipinski definition) is 1. The third-order valence-corrected chi connectivity index (χ3v) is 6.31. The number of amides is 1. The Balaban J connectivity index is 0.00000163. The molecule has 0 heterocycles. The van der Waals surface area contributed by atoms with Crippen LogP contribution >= 0.6 is 0 Å². The summed E-state index contributed by atoms with van der Waals surface area (Å²) in [5.41, 5.74) is 3.06. The molecule has 0 aromatic heterocycles. The van der Waals surface area contributed by atoms with Crippen molar-refractivity contribution in [2.45, 2.75) is 85.6 Å². The fraction of sp³-hybridized carbons (Fsp3) is 0.696.